The van der Waals surface area contributed by atoms with Crippen molar-refractivity contribution < 1.29 is 18.0 Å². The van der Waals surface area contributed by atoms with Crippen LogP contribution < -0.4 is 10.6 Å². The first-order valence-corrected chi connectivity index (χ1v) is 6.25. The zero-order valence-electron chi connectivity index (χ0n) is 9.49. The molecule has 1 aromatic carbocycles. The molecule has 0 fully saturated rings. The van der Waals surface area contributed by atoms with Crippen LogP contribution in [0.25, 0.3) is 10.2 Å². The Morgan fingerprint density at radius 2 is 2.16 bits per heavy atom. The lowest BCUT2D eigenvalue weighted by molar-refractivity contribution is -0.170. The molecular weight excluding hydrogens is 279 g/mol. The Morgan fingerprint density at radius 1 is 1.42 bits per heavy atom. The van der Waals surface area contributed by atoms with Gasteiger partial charge in [0, 0.05) is 12.2 Å². The number of nitrogen functional groups attached to an aromatic ring is 1. The fraction of sp³-hybridized carbons (Fsp3) is 0.273. The fourth-order valence-electron chi connectivity index (χ4n) is 2.19. The molecule has 0 atom stereocenters. The first-order valence-electron chi connectivity index (χ1n) is 5.44. The number of rotatable bonds is 0. The van der Waals surface area contributed by atoms with E-state index >= 15 is 0 Å². The molecule has 0 unspecified atom stereocenters. The van der Waals surface area contributed by atoms with Crippen LogP contribution in [-0.4, -0.2) is 23.6 Å². The third-order valence-corrected chi connectivity index (χ3v) is 3.84. The zero-order chi connectivity index (χ0) is 13.8. The minimum Gasteiger partial charge on any atom is -0.375 e. The summed E-state index contributed by atoms with van der Waals surface area (Å²) >= 11 is 1.19. The second kappa shape index (κ2) is 3.83. The lowest BCUT2D eigenvalue weighted by atomic mass is 10.1. The largest absolute Gasteiger partial charge is 0.471 e. The first kappa shape index (κ1) is 12.2. The summed E-state index contributed by atoms with van der Waals surface area (Å²) < 4.78 is 38.2. The molecule has 0 spiro atoms. The van der Waals surface area contributed by atoms with Gasteiger partial charge in [-0.15, -0.1) is 0 Å². The summed E-state index contributed by atoms with van der Waals surface area (Å²) in [5, 5.41) is 0.354. The van der Waals surface area contributed by atoms with E-state index in [1.165, 1.54) is 11.3 Å². The average molecular weight is 287 g/mol. The molecule has 0 saturated heterocycles. The molecule has 0 saturated carbocycles. The predicted octanol–water partition coefficient (Wildman–Crippen LogP) is 2.33. The van der Waals surface area contributed by atoms with Crippen molar-refractivity contribution in [3.05, 3.63) is 17.7 Å². The molecule has 1 aliphatic rings. The van der Waals surface area contributed by atoms with E-state index in [2.05, 4.69) is 4.98 Å². The SMILES string of the molecule is Nc1nc2cc3c(cc2s1)N(C(=O)C(F)(F)F)CC3. The number of anilines is 2. The summed E-state index contributed by atoms with van der Waals surface area (Å²) in [5.74, 6) is -1.83. The van der Waals surface area contributed by atoms with Crippen molar-refractivity contribution in [1.29, 1.82) is 0 Å². The Balaban J connectivity index is 2.09. The molecule has 4 nitrogen and oxygen atoms in total. The smallest absolute Gasteiger partial charge is 0.375 e. The minimum absolute atomic E-state index is 0.0421. The van der Waals surface area contributed by atoms with Crippen molar-refractivity contribution in [3.8, 4) is 0 Å². The van der Waals surface area contributed by atoms with Gasteiger partial charge in [0.1, 0.15) is 0 Å². The second-order valence-corrected chi connectivity index (χ2v) is 5.27. The van der Waals surface area contributed by atoms with Gasteiger partial charge in [-0.05, 0) is 24.1 Å². The third kappa shape index (κ3) is 1.92. The van der Waals surface area contributed by atoms with Gasteiger partial charge in [-0.1, -0.05) is 11.3 Å². The third-order valence-electron chi connectivity index (χ3n) is 2.99. The highest BCUT2D eigenvalue weighted by molar-refractivity contribution is 7.22. The van der Waals surface area contributed by atoms with Crippen LogP contribution in [0.5, 0.6) is 0 Å². The maximum absolute atomic E-state index is 12.5. The van der Waals surface area contributed by atoms with Crippen LogP contribution in [0.1, 0.15) is 5.56 Å². The maximum Gasteiger partial charge on any atom is 0.471 e. The number of carbonyl (C=O) groups is 1. The van der Waals surface area contributed by atoms with Crippen molar-refractivity contribution in [2.24, 2.45) is 0 Å². The maximum atomic E-state index is 12.5. The van der Waals surface area contributed by atoms with Crippen LogP contribution in [0.4, 0.5) is 24.0 Å². The average Bonchev–Trinajstić information content (AvgIpc) is 2.85. The molecule has 0 aliphatic carbocycles. The van der Waals surface area contributed by atoms with Crippen molar-refractivity contribution in [2.75, 3.05) is 17.2 Å². The van der Waals surface area contributed by atoms with E-state index in [0.29, 0.717) is 33.0 Å². The Morgan fingerprint density at radius 3 is 2.84 bits per heavy atom. The highest BCUT2D eigenvalue weighted by Crippen LogP contribution is 2.37. The number of benzene rings is 1. The number of fused-ring (bicyclic) bond motifs is 2. The van der Waals surface area contributed by atoms with Crippen LogP contribution in [0.2, 0.25) is 0 Å². The van der Waals surface area contributed by atoms with E-state index in [1.807, 2.05) is 0 Å². The van der Waals surface area contributed by atoms with Gasteiger partial charge < -0.3 is 10.6 Å². The van der Waals surface area contributed by atoms with Crippen molar-refractivity contribution in [2.45, 2.75) is 12.6 Å². The molecule has 1 aliphatic heterocycles. The number of carbonyl (C=O) groups excluding carboxylic acids is 1. The molecule has 1 amide bonds. The zero-order valence-corrected chi connectivity index (χ0v) is 10.3. The number of nitrogens with two attached hydrogens (primary N) is 1. The first-order chi connectivity index (χ1) is 8.86. The van der Waals surface area contributed by atoms with Gasteiger partial charge in [-0.25, -0.2) is 4.98 Å². The summed E-state index contributed by atoms with van der Waals surface area (Å²) in [6.07, 6.45) is -4.46. The number of thiazole rings is 1. The number of halogens is 3. The van der Waals surface area contributed by atoms with Crippen LogP contribution >= 0.6 is 11.3 Å². The normalized spacial score (nSPS) is 15.0. The molecular formula is C11H8F3N3OS. The number of alkyl halides is 3. The summed E-state index contributed by atoms with van der Waals surface area (Å²) in [5.41, 5.74) is 7.21. The van der Waals surface area contributed by atoms with Gasteiger partial charge in [-0.2, -0.15) is 13.2 Å². The van der Waals surface area contributed by atoms with Crippen molar-refractivity contribution in [3.63, 3.8) is 0 Å². The van der Waals surface area contributed by atoms with E-state index in [9.17, 15) is 18.0 Å². The van der Waals surface area contributed by atoms with E-state index in [4.69, 9.17) is 5.73 Å². The molecule has 2 heterocycles. The quantitative estimate of drug-likeness (QED) is 0.809. The molecule has 1 aromatic heterocycles. The number of nitrogens with zero attached hydrogens (tertiary/aromatic N) is 2. The summed E-state index contributed by atoms with van der Waals surface area (Å²) in [7, 11) is 0. The van der Waals surface area contributed by atoms with E-state index < -0.39 is 12.1 Å². The van der Waals surface area contributed by atoms with Gasteiger partial charge in [0.05, 0.1) is 10.2 Å². The van der Waals surface area contributed by atoms with Crippen LogP contribution in [0, 0.1) is 0 Å². The van der Waals surface area contributed by atoms with Crippen LogP contribution in [0.3, 0.4) is 0 Å². The predicted molar refractivity (Wildman–Crippen MR) is 66.1 cm³/mol. The number of hydrogen-bond donors (Lipinski definition) is 1. The molecule has 0 radical (unpaired) electrons. The van der Waals surface area contributed by atoms with Crippen molar-refractivity contribution >= 4 is 38.3 Å². The minimum atomic E-state index is -4.86. The van der Waals surface area contributed by atoms with Gasteiger partial charge in [-0.3, -0.25) is 4.79 Å². The molecule has 0 bridgehead atoms. The highest BCUT2D eigenvalue weighted by Gasteiger charge is 2.44. The number of amides is 1. The molecule has 19 heavy (non-hydrogen) atoms. The van der Waals surface area contributed by atoms with Gasteiger partial charge >= 0.3 is 12.1 Å². The van der Waals surface area contributed by atoms with Gasteiger partial charge in [0.15, 0.2) is 5.13 Å². The lowest BCUT2D eigenvalue weighted by Crippen LogP contribution is -2.40. The summed E-state index contributed by atoms with van der Waals surface area (Å²) in [4.78, 5) is 16.2. The fourth-order valence-corrected chi connectivity index (χ4v) is 2.94. The Bertz CT molecular complexity index is 680. The number of aromatic nitrogens is 1. The summed E-state index contributed by atoms with van der Waals surface area (Å²) in [6.45, 7) is 0.0421. The Labute approximate surface area is 109 Å². The monoisotopic (exact) mass is 287 g/mol. The van der Waals surface area contributed by atoms with E-state index in [1.54, 1.807) is 12.1 Å². The van der Waals surface area contributed by atoms with Gasteiger partial charge in [0.2, 0.25) is 0 Å². The molecule has 3 rings (SSSR count). The summed E-state index contributed by atoms with van der Waals surface area (Å²) in [6, 6.07) is 3.25. The molecule has 2 aromatic rings. The topological polar surface area (TPSA) is 59.2 Å². The van der Waals surface area contributed by atoms with E-state index in [-0.39, 0.29) is 6.54 Å². The molecule has 2 N–H and O–H groups in total. The van der Waals surface area contributed by atoms with Crippen LogP contribution in [-0.2, 0) is 11.2 Å². The lowest BCUT2D eigenvalue weighted by Gasteiger charge is -2.18. The molecule has 8 heteroatoms. The van der Waals surface area contributed by atoms with Crippen LogP contribution in [0.15, 0.2) is 12.1 Å². The number of hydrogen-bond acceptors (Lipinski definition) is 4. The van der Waals surface area contributed by atoms with E-state index in [0.717, 1.165) is 4.90 Å². The molecule has 100 valence electrons. The second-order valence-electron chi connectivity index (χ2n) is 4.21. The highest BCUT2D eigenvalue weighted by atomic mass is 32.1. The Hall–Kier alpha value is -1.83. The Kier molecular flexibility index (Phi) is 2.46. The van der Waals surface area contributed by atoms with Gasteiger partial charge in [0.25, 0.3) is 0 Å². The van der Waals surface area contributed by atoms with Crippen molar-refractivity contribution in [1.82, 2.24) is 4.98 Å². The standard InChI is InChI=1S/C11H8F3N3OS/c12-11(13,14)9(18)17-2-1-5-3-6-8(4-7(5)17)19-10(15)16-6/h3-4H,1-2H2,(H2,15,16).